The lowest BCUT2D eigenvalue weighted by molar-refractivity contribution is 0.0165. The molecule has 2 fully saturated rings. The van der Waals surface area contributed by atoms with Crippen LogP contribution >= 0.6 is 0 Å². The molecule has 0 saturated carbocycles. The highest BCUT2D eigenvalue weighted by molar-refractivity contribution is 4.90. The third-order valence-electron chi connectivity index (χ3n) is 4.20. The van der Waals surface area contributed by atoms with Gasteiger partial charge in [0.05, 0.1) is 0 Å². The standard InChI is InChI=1S/C13H27N3.C3H8/c1-13(2)11-15(3)8-9-16(13)10-12-4-6-14-7-5-12;1-3-2/h12,14H,4-11H2,1-3H3;3H2,1-2H3. The predicted molar refractivity (Wildman–Crippen MR) is 84.7 cm³/mol. The maximum Gasteiger partial charge on any atom is 0.0280 e. The summed E-state index contributed by atoms with van der Waals surface area (Å²) in [6, 6.07) is 0. The molecule has 0 aromatic carbocycles. The van der Waals surface area contributed by atoms with E-state index in [4.69, 9.17) is 0 Å². The minimum atomic E-state index is 0.359. The van der Waals surface area contributed by atoms with Crippen molar-refractivity contribution >= 4 is 0 Å². The van der Waals surface area contributed by atoms with E-state index in [2.05, 4.69) is 49.9 Å². The summed E-state index contributed by atoms with van der Waals surface area (Å²) < 4.78 is 0. The van der Waals surface area contributed by atoms with Gasteiger partial charge in [0.1, 0.15) is 0 Å². The van der Waals surface area contributed by atoms with Crippen molar-refractivity contribution in [2.45, 2.75) is 52.5 Å². The van der Waals surface area contributed by atoms with Gasteiger partial charge in [0.25, 0.3) is 0 Å². The van der Waals surface area contributed by atoms with Crippen LogP contribution < -0.4 is 5.32 Å². The minimum Gasteiger partial charge on any atom is -0.317 e. The lowest BCUT2D eigenvalue weighted by atomic mass is 9.92. The summed E-state index contributed by atoms with van der Waals surface area (Å²) >= 11 is 0. The zero-order valence-corrected chi connectivity index (χ0v) is 13.8. The van der Waals surface area contributed by atoms with Crippen LogP contribution in [0.4, 0.5) is 0 Å². The van der Waals surface area contributed by atoms with E-state index in [9.17, 15) is 0 Å². The molecule has 0 aromatic rings. The topological polar surface area (TPSA) is 18.5 Å². The van der Waals surface area contributed by atoms with E-state index in [-0.39, 0.29) is 0 Å². The van der Waals surface area contributed by atoms with Crippen LogP contribution in [0.5, 0.6) is 0 Å². The van der Waals surface area contributed by atoms with Gasteiger partial charge in [-0.3, -0.25) is 4.90 Å². The van der Waals surface area contributed by atoms with Crippen LogP contribution in [0.2, 0.25) is 0 Å². The molecule has 2 heterocycles. The molecule has 2 aliphatic heterocycles. The molecule has 0 bridgehead atoms. The van der Waals surface area contributed by atoms with Crippen LogP contribution in [-0.4, -0.2) is 61.7 Å². The number of likely N-dealkylation sites (N-methyl/N-ethyl adjacent to an activating group) is 1. The normalized spacial score (nSPS) is 25.7. The molecule has 0 unspecified atom stereocenters. The molecule has 3 heteroatoms. The number of piperazine rings is 1. The van der Waals surface area contributed by atoms with Crippen molar-refractivity contribution in [3.8, 4) is 0 Å². The number of nitrogens with zero attached hydrogens (tertiary/aromatic N) is 2. The molecule has 0 aromatic heterocycles. The van der Waals surface area contributed by atoms with Gasteiger partial charge in [0.2, 0.25) is 0 Å². The Morgan fingerprint density at radius 2 is 1.68 bits per heavy atom. The van der Waals surface area contributed by atoms with E-state index in [0.717, 1.165) is 5.92 Å². The Labute approximate surface area is 120 Å². The molecular formula is C16H35N3. The number of hydrogen-bond acceptors (Lipinski definition) is 3. The van der Waals surface area contributed by atoms with E-state index in [1.54, 1.807) is 0 Å². The zero-order chi connectivity index (χ0) is 14.3. The molecule has 0 spiro atoms. The Morgan fingerprint density at radius 3 is 2.21 bits per heavy atom. The van der Waals surface area contributed by atoms with Crippen molar-refractivity contribution in [2.75, 3.05) is 46.3 Å². The Bertz CT molecular complexity index is 234. The van der Waals surface area contributed by atoms with E-state index < -0.39 is 0 Å². The number of nitrogens with one attached hydrogen (secondary N) is 1. The average Bonchev–Trinajstić information content (AvgIpc) is 2.34. The first-order chi connectivity index (χ1) is 8.99. The molecule has 0 radical (unpaired) electrons. The average molecular weight is 269 g/mol. The number of hydrogen-bond donors (Lipinski definition) is 1. The fraction of sp³-hybridized carbons (Fsp3) is 1.00. The highest BCUT2D eigenvalue weighted by Gasteiger charge is 2.33. The summed E-state index contributed by atoms with van der Waals surface area (Å²) in [7, 11) is 2.24. The molecule has 2 rings (SSSR count). The fourth-order valence-corrected chi connectivity index (χ4v) is 3.15. The summed E-state index contributed by atoms with van der Waals surface area (Å²) in [5.41, 5.74) is 0.359. The van der Waals surface area contributed by atoms with Gasteiger partial charge in [0.15, 0.2) is 0 Å². The second kappa shape index (κ2) is 8.23. The quantitative estimate of drug-likeness (QED) is 0.830. The van der Waals surface area contributed by atoms with E-state index >= 15 is 0 Å². The van der Waals surface area contributed by atoms with Gasteiger partial charge in [0, 0.05) is 31.7 Å². The van der Waals surface area contributed by atoms with Gasteiger partial charge in [-0.05, 0) is 52.7 Å². The van der Waals surface area contributed by atoms with Gasteiger partial charge >= 0.3 is 0 Å². The molecule has 19 heavy (non-hydrogen) atoms. The minimum absolute atomic E-state index is 0.359. The highest BCUT2D eigenvalue weighted by atomic mass is 15.3. The predicted octanol–water partition coefficient (Wildman–Crippen LogP) is 2.43. The van der Waals surface area contributed by atoms with Crippen LogP contribution in [0.1, 0.15) is 47.0 Å². The highest BCUT2D eigenvalue weighted by Crippen LogP contribution is 2.23. The van der Waals surface area contributed by atoms with Crippen LogP contribution in [0.25, 0.3) is 0 Å². The molecule has 3 nitrogen and oxygen atoms in total. The summed E-state index contributed by atoms with van der Waals surface area (Å²) in [5, 5.41) is 3.45. The molecule has 0 amide bonds. The first-order valence-electron chi connectivity index (χ1n) is 8.14. The second-order valence-electron chi connectivity index (χ2n) is 6.90. The van der Waals surface area contributed by atoms with Gasteiger partial charge in [-0.15, -0.1) is 0 Å². The van der Waals surface area contributed by atoms with Crippen LogP contribution in [0.3, 0.4) is 0 Å². The molecule has 114 valence electrons. The Balaban J connectivity index is 0.000000550. The van der Waals surface area contributed by atoms with Crippen molar-refractivity contribution in [3.63, 3.8) is 0 Å². The summed E-state index contributed by atoms with van der Waals surface area (Å²) in [5.74, 6) is 0.920. The van der Waals surface area contributed by atoms with E-state index in [0.29, 0.717) is 5.54 Å². The maximum absolute atomic E-state index is 3.45. The largest absolute Gasteiger partial charge is 0.317 e. The monoisotopic (exact) mass is 269 g/mol. The number of piperidine rings is 1. The van der Waals surface area contributed by atoms with E-state index in [1.165, 1.54) is 58.5 Å². The lowest BCUT2D eigenvalue weighted by Gasteiger charge is -2.47. The van der Waals surface area contributed by atoms with Crippen LogP contribution in [-0.2, 0) is 0 Å². The van der Waals surface area contributed by atoms with E-state index in [1.807, 2.05) is 0 Å². The third-order valence-corrected chi connectivity index (χ3v) is 4.20. The van der Waals surface area contributed by atoms with Crippen molar-refractivity contribution in [3.05, 3.63) is 0 Å². The molecular weight excluding hydrogens is 234 g/mol. The maximum atomic E-state index is 3.45. The van der Waals surface area contributed by atoms with Crippen molar-refractivity contribution in [2.24, 2.45) is 5.92 Å². The van der Waals surface area contributed by atoms with Crippen LogP contribution in [0.15, 0.2) is 0 Å². The van der Waals surface area contributed by atoms with Gasteiger partial charge in [-0.2, -0.15) is 0 Å². The van der Waals surface area contributed by atoms with Crippen molar-refractivity contribution in [1.82, 2.24) is 15.1 Å². The Hall–Kier alpha value is -0.120. The van der Waals surface area contributed by atoms with Crippen molar-refractivity contribution < 1.29 is 0 Å². The van der Waals surface area contributed by atoms with Gasteiger partial charge < -0.3 is 10.2 Å². The summed E-state index contributed by atoms with van der Waals surface area (Å²) in [4.78, 5) is 5.17. The molecule has 2 aliphatic rings. The molecule has 1 N–H and O–H groups in total. The summed E-state index contributed by atoms with van der Waals surface area (Å²) in [6.07, 6.45) is 3.98. The number of rotatable bonds is 2. The Morgan fingerprint density at radius 1 is 1.11 bits per heavy atom. The first-order valence-corrected chi connectivity index (χ1v) is 8.14. The van der Waals surface area contributed by atoms with Crippen molar-refractivity contribution in [1.29, 1.82) is 0 Å². The smallest absolute Gasteiger partial charge is 0.0280 e. The molecule has 0 aliphatic carbocycles. The fourth-order valence-electron chi connectivity index (χ4n) is 3.15. The Kier molecular flexibility index (Phi) is 7.33. The zero-order valence-electron chi connectivity index (χ0n) is 13.8. The second-order valence-corrected chi connectivity index (χ2v) is 6.90. The third kappa shape index (κ3) is 5.80. The SMILES string of the molecule is CCC.CN1CCN(CC2CCNCC2)C(C)(C)C1. The lowest BCUT2D eigenvalue weighted by Crippen LogP contribution is -2.59. The summed E-state index contributed by atoms with van der Waals surface area (Å²) in [6.45, 7) is 16.5. The van der Waals surface area contributed by atoms with Gasteiger partial charge in [-0.1, -0.05) is 20.3 Å². The molecule has 2 saturated heterocycles. The van der Waals surface area contributed by atoms with Gasteiger partial charge in [-0.25, -0.2) is 0 Å². The first kappa shape index (κ1) is 16.9. The van der Waals surface area contributed by atoms with Crippen LogP contribution in [0, 0.1) is 5.92 Å². The molecule has 0 atom stereocenters.